The summed E-state index contributed by atoms with van der Waals surface area (Å²) < 4.78 is 27.0. The van der Waals surface area contributed by atoms with Crippen LogP contribution in [0.4, 0.5) is 5.69 Å². The van der Waals surface area contributed by atoms with Crippen molar-refractivity contribution in [2.75, 3.05) is 16.8 Å². The molecule has 0 radical (unpaired) electrons. The topological polar surface area (TPSA) is 98.4 Å². The van der Waals surface area contributed by atoms with Crippen LogP contribution >= 0.6 is 11.3 Å². The Labute approximate surface area is 148 Å². The first kappa shape index (κ1) is 16.3. The third-order valence-electron chi connectivity index (χ3n) is 4.44. The summed E-state index contributed by atoms with van der Waals surface area (Å²) in [6.07, 6.45) is 4.08. The van der Waals surface area contributed by atoms with Crippen LogP contribution in [0.2, 0.25) is 0 Å². The van der Waals surface area contributed by atoms with Crippen LogP contribution in [0.15, 0.2) is 17.8 Å². The van der Waals surface area contributed by atoms with Gasteiger partial charge in [-0.3, -0.25) is 13.9 Å². The molecule has 10 heteroatoms. The Balaban J connectivity index is 1.60. The number of rotatable bonds is 3. The van der Waals surface area contributed by atoms with Crippen molar-refractivity contribution in [3.63, 3.8) is 0 Å². The van der Waals surface area contributed by atoms with Crippen molar-refractivity contribution in [2.45, 2.75) is 26.3 Å². The smallest absolute Gasteiger partial charge is 0.276 e. The van der Waals surface area contributed by atoms with Crippen molar-refractivity contribution in [2.24, 2.45) is 0 Å². The number of amides is 1. The monoisotopic (exact) mass is 379 g/mol. The fraction of sp³-hybridized carbons (Fsp3) is 0.400. The standard InChI is InChI=1S/C15H17N5O3S2/c1-9-13(10(2)20(18-9)11-3-6-25(22,23)8-11)17-14(21)12-7-19-4-5-24-15(19)16-12/h4-5,7,11H,3,6,8H2,1-2H3,(H,17,21). The Morgan fingerprint density at radius 1 is 1.40 bits per heavy atom. The molecular formula is C15H17N5O3S2. The van der Waals surface area contributed by atoms with E-state index < -0.39 is 9.84 Å². The second-order valence-electron chi connectivity index (χ2n) is 6.22. The van der Waals surface area contributed by atoms with Gasteiger partial charge in [-0.05, 0) is 20.3 Å². The highest BCUT2D eigenvalue weighted by Gasteiger charge is 2.31. The Morgan fingerprint density at radius 2 is 2.20 bits per heavy atom. The molecule has 1 fully saturated rings. The molecule has 1 amide bonds. The van der Waals surface area contributed by atoms with Gasteiger partial charge in [-0.15, -0.1) is 11.3 Å². The quantitative estimate of drug-likeness (QED) is 0.748. The number of aryl methyl sites for hydroxylation is 1. The molecule has 1 saturated heterocycles. The van der Waals surface area contributed by atoms with E-state index in [0.717, 1.165) is 10.7 Å². The number of nitrogens with zero attached hydrogens (tertiary/aromatic N) is 4. The Hall–Kier alpha value is -2.20. The number of carbonyl (C=O) groups is 1. The SMILES string of the molecule is Cc1nn(C2CCS(=O)(=O)C2)c(C)c1NC(=O)c1cn2ccsc2n1. The van der Waals surface area contributed by atoms with Crippen LogP contribution < -0.4 is 5.32 Å². The van der Waals surface area contributed by atoms with Gasteiger partial charge in [0.25, 0.3) is 5.91 Å². The molecule has 0 saturated carbocycles. The van der Waals surface area contributed by atoms with Crippen LogP contribution in [-0.2, 0) is 9.84 Å². The van der Waals surface area contributed by atoms with Crippen molar-refractivity contribution < 1.29 is 13.2 Å². The summed E-state index contributed by atoms with van der Waals surface area (Å²) in [6.45, 7) is 3.64. The van der Waals surface area contributed by atoms with E-state index in [1.165, 1.54) is 11.3 Å². The van der Waals surface area contributed by atoms with Crippen molar-refractivity contribution in [3.05, 3.63) is 34.9 Å². The highest BCUT2D eigenvalue weighted by atomic mass is 32.2. The summed E-state index contributed by atoms with van der Waals surface area (Å²) in [5.74, 6) is -0.0244. The first-order valence-electron chi connectivity index (χ1n) is 7.84. The van der Waals surface area contributed by atoms with Gasteiger partial charge in [0.1, 0.15) is 5.69 Å². The highest BCUT2D eigenvalue weighted by molar-refractivity contribution is 7.91. The predicted molar refractivity (Wildman–Crippen MR) is 95.0 cm³/mol. The van der Waals surface area contributed by atoms with Crippen LogP contribution in [0.25, 0.3) is 4.96 Å². The molecule has 132 valence electrons. The summed E-state index contributed by atoms with van der Waals surface area (Å²) in [4.78, 5) is 17.6. The number of hydrogen-bond donors (Lipinski definition) is 1. The minimum absolute atomic E-state index is 0.0969. The molecule has 3 aromatic rings. The van der Waals surface area contributed by atoms with Crippen LogP contribution in [0.1, 0.15) is 34.3 Å². The fourth-order valence-electron chi connectivity index (χ4n) is 3.18. The molecule has 0 bridgehead atoms. The molecule has 4 heterocycles. The number of nitrogens with one attached hydrogen (secondary N) is 1. The van der Waals surface area contributed by atoms with Gasteiger partial charge in [-0.25, -0.2) is 13.4 Å². The summed E-state index contributed by atoms with van der Waals surface area (Å²) in [5, 5.41) is 9.22. The minimum Gasteiger partial charge on any atom is -0.317 e. The van der Waals surface area contributed by atoms with Crippen molar-refractivity contribution >= 4 is 37.7 Å². The third-order valence-corrected chi connectivity index (χ3v) is 6.96. The van der Waals surface area contributed by atoms with E-state index in [9.17, 15) is 13.2 Å². The molecule has 1 atom stereocenters. The lowest BCUT2D eigenvalue weighted by molar-refractivity contribution is 0.102. The fourth-order valence-corrected chi connectivity index (χ4v) is 5.57. The van der Waals surface area contributed by atoms with Gasteiger partial charge in [-0.1, -0.05) is 0 Å². The van der Waals surface area contributed by atoms with Gasteiger partial charge < -0.3 is 5.32 Å². The molecule has 1 aliphatic heterocycles. The van der Waals surface area contributed by atoms with E-state index in [0.29, 0.717) is 23.5 Å². The van der Waals surface area contributed by atoms with Crippen molar-refractivity contribution in [1.29, 1.82) is 0 Å². The molecule has 8 nitrogen and oxygen atoms in total. The lowest BCUT2D eigenvalue weighted by Gasteiger charge is -2.11. The molecule has 4 rings (SSSR count). The summed E-state index contributed by atoms with van der Waals surface area (Å²) in [6, 6.07) is -0.174. The number of aromatic nitrogens is 4. The van der Waals surface area contributed by atoms with Crippen LogP contribution in [0.3, 0.4) is 0 Å². The molecule has 0 aliphatic carbocycles. The van der Waals surface area contributed by atoms with E-state index in [-0.39, 0.29) is 23.5 Å². The largest absolute Gasteiger partial charge is 0.317 e. The number of anilines is 1. The molecule has 3 aromatic heterocycles. The van der Waals surface area contributed by atoms with E-state index in [2.05, 4.69) is 15.4 Å². The normalized spacial score (nSPS) is 19.5. The van der Waals surface area contributed by atoms with E-state index in [1.807, 2.05) is 18.5 Å². The summed E-state index contributed by atoms with van der Waals surface area (Å²) in [5.41, 5.74) is 2.37. The highest BCUT2D eigenvalue weighted by Crippen LogP contribution is 2.29. The maximum absolute atomic E-state index is 12.5. The van der Waals surface area contributed by atoms with Gasteiger partial charge in [0.2, 0.25) is 0 Å². The number of imidazole rings is 1. The molecule has 1 N–H and O–H groups in total. The summed E-state index contributed by atoms with van der Waals surface area (Å²) in [7, 11) is -3.00. The minimum atomic E-state index is -3.00. The van der Waals surface area contributed by atoms with Crippen LogP contribution in [-0.4, -0.2) is 45.0 Å². The van der Waals surface area contributed by atoms with Crippen molar-refractivity contribution in [1.82, 2.24) is 19.2 Å². The predicted octanol–water partition coefficient (Wildman–Crippen LogP) is 1.82. The number of hydrogen-bond acceptors (Lipinski definition) is 6. The number of sulfone groups is 1. The lowest BCUT2D eigenvalue weighted by atomic mass is 10.2. The molecule has 1 aliphatic rings. The molecule has 0 spiro atoms. The van der Waals surface area contributed by atoms with E-state index in [1.54, 1.807) is 22.2 Å². The maximum Gasteiger partial charge on any atom is 0.276 e. The number of carbonyl (C=O) groups excluding carboxylic acids is 1. The van der Waals surface area contributed by atoms with Gasteiger partial charge in [-0.2, -0.15) is 5.10 Å². The number of thiazole rings is 1. The Kier molecular flexibility index (Phi) is 3.69. The first-order chi connectivity index (χ1) is 11.8. The van der Waals surface area contributed by atoms with Crippen LogP contribution in [0.5, 0.6) is 0 Å². The zero-order valence-electron chi connectivity index (χ0n) is 13.8. The summed E-state index contributed by atoms with van der Waals surface area (Å²) >= 11 is 1.46. The molecular weight excluding hydrogens is 362 g/mol. The first-order valence-corrected chi connectivity index (χ1v) is 10.5. The maximum atomic E-state index is 12.5. The Morgan fingerprint density at radius 3 is 2.88 bits per heavy atom. The van der Waals surface area contributed by atoms with Gasteiger partial charge >= 0.3 is 0 Å². The van der Waals surface area contributed by atoms with E-state index in [4.69, 9.17) is 0 Å². The molecule has 0 aromatic carbocycles. The van der Waals surface area contributed by atoms with Gasteiger partial charge in [0, 0.05) is 17.8 Å². The molecule has 1 unspecified atom stereocenters. The average Bonchev–Trinajstić information content (AvgIpc) is 3.26. The van der Waals surface area contributed by atoms with Gasteiger partial charge in [0.15, 0.2) is 14.8 Å². The zero-order chi connectivity index (χ0) is 17.8. The van der Waals surface area contributed by atoms with Crippen LogP contribution in [0, 0.1) is 13.8 Å². The average molecular weight is 379 g/mol. The second-order valence-corrected chi connectivity index (χ2v) is 9.32. The zero-order valence-corrected chi connectivity index (χ0v) is 15.4. The second kappa shape index (κ2) is 5.67. The lowest BCUT2D eigenvalue weighted by Crippen LogP contribution is -2.15. The van der Waals surface area contributed by atoms with Gasteiger partial charge in [0.05, 0.1) is 34.6 Å². The number of fused-ring (bicyclic) bond motifs is 1. The van der Waals surface area contributed by atoms with E-state index >= 15 is 0 Å². The third kappa shape index (κ3) is 2.85. The van der Waals surface area contributed by atoms with Crippen molar-refractivity contribution in [3.8, 4) is 0 Å². The Bertz CT molecular complexity index is 1050. The molecule has 25 heavy (non-hydrogen) atoms.